The highest BCUT2D eigenvalue weighted by Gasteiger charge is 2.30. The van der Waals surface area contributed by atoms with Crippen molar-refractivity contribution in [3.8, 4) is 5.69 Å². The number of hydrogen-bond donors (Lipinski definition) is 1. The Kier molecular flexibility index (Phi) is 5.43. The van der Waals surface area contributed by atoms with Crippen LogP contribution in [-0.4, -0.2) is 44.4 Å². The van der Waals surface area contributed by atoms with Crippen molar-refractivity contribution in [3.63, 3.8) is 0 Å². The van der Waals surface area contributed by atoms with Crippen molar-refractivity contribution in [2.24, 2.45) is 0 Å². The predicted molar refractivity (Wildman–Crippen MR) is 118 cm³/mol. The van der Waals surface area contributed by atoms with Crippen LogP contribution in [0, 0.1) is 13.8 Å². The molecule has 6 nitrogen and oxygen atoms in total. The fourth-order valence-corrected chi connectivity index (χ4v) is 3.97. The maximum absolute atomic E-state index is 12.8. The third-order valence-electron chi connectivity index (χ3n) is 6.06. The van der Waals surface area contributed by atoms with Gasteiger partial charge in [-0.15, -0.1) is 5.10 Å². The first-order valence-electron chi connectivity index (χ1n) is 10.4. The van der Waals surface area contributed by atoms with Crippen LogP contribution in [0.1, 0.15) is 46.7 Å². The smallest absolute Gasteiger partial charge is 0.273 e. The molecule has 0 bridgehead atoms. The van der Waals surface area contributed by atoms with Gasteiger partial charge in [-0.25, -0.2) is 4.68 Å². The van der Waals surface area contributed by atoms with E-state index in [1.165, 1.54) is 16.7 Å². The van der Waals surface area contributed by atoms with E-state index in [9.17, 15) is 4.79 Å². The number of benzene rings is 2. The molecule has 2 aromatic carbocycles. The second kappa shape index (κ2) is 8.03. The van der Waals surface area contributed by atoms with E-state index in [0.29, 0.717) is 12.2 Å². The van der Waals surface area contributed by atoms with E-state index >= 15 is 0 Å². The van der Waals surface area contributed by atoms with Gasteiger partial charge in [0.1, 0.15) is 0 Å². The molecule has 30 heavy (non-hydrogen) atoms. The van der Waals surface area contributed by atoms with E-state index in [4.69, 9.17) is 0 Å². The lowest BCUT2D eigenvalue weighted by Crippen LogP contribution is -2.53. The van der Waals surface area contributed by atoms with E-state index in [1.54, 1.807) is 4.68 Å². The van der Waals surface area contributed by atoms with Gasteiger partial charge in [0.05, 0.1) is 11.4 Å². The summed E-state index contributed by atoms with van der Waals surface area (Å²) in [5.41, 5.74) is 5.83. The maximum atomic E-state index is 12.8. The van der Waals surface area contributed by atoms with Crippen LogP contribution in [0.5, 0.6) is 0 Å². The molecule has 0 fully saturated rings. The Morgan fingerprint density at radius 3 is 2.50 bits per heavy atom. The van der Waals surface area contributed by atoms with Crippen molar-refractivity contribution in [3.05, 3.63) is 76.6 Å². The second-order valence-corrected chi connectivity index (χ2v) is 8.71. The van der Waals surface area contributed by atoms with E-state index in [0.717, 1.165) is 30.9 Å². The van der Waals surface area contributed by atoms with Gasteiger partial charge >= 0.3 is 0 Å². The zero-order valence-corrected chi connectivity index (χ0v) is 18.1. The number of nitrogens with zero attached hydrogens (tertiary/aromatic N) is 4. The number of carbonyl (C=O) groups excluding carboxylic acids is 1. The summed E-state index contributed by atoms with van der Waals surface area (Å²) in [7, 11) is 0. The molecule has 156 valence electrons. The number of aryl methyl sites for hydroxylation is 1. The van der Waals surface area contributed by atoms with Gasteiger partial charge in [0.2, 0.25) is 0 Å². The third kappa shape index (κ3) is 4.00. The molecule has 0 radical (unpaired) electrons. The molecule has 1 amide bonds. The topological polar surface area (TPSA) is 63.1 Å². The van der Waals surface area contributed by atoms with Crippen LogP contribution in [0.25, 0.3) is 5.69 Å². The highest BCUT2D eigenvalue weighted by molar-refractivity contribution is 5.93. The molecule has 4 rings (SSSR count). The van der Waals surface area contributed by atoms with Gasteiger partial charge in [-0.1, -0.05) is 47.2 Å². The minimum absolute atomic E-state index is 0.163. The first-order chi connectivity index (χ1) is 14.3. The molecule has 1 N–H and O–H groups in total. The van der Waals surface area contributed by atoms with Crippen molar-refractivity contribution >= 4 is 5.91 Å². The Bertz CT molecular complexity index is 1050. The lowest BCUT2D eigenvalue weighted by atomic mass is 9.94. The first kappa shape index (κ1) is 20.3. The van der Waals surface area contributed by atoms with Gasteiger partial charge in [0, 0.05) is 25.2 Å². The van der Waals surface area contributed by atoms with Crippen LogP contribution in [0.4, 0.5) is 0 Å². The molecule has 0 aliphatic carbocycles. The molecule has 0 atom stereocenters. The van der Waals surface area contributed by atoms with Crippen molar-refractivity contribution < 1.29 is 4.79 Å². The second-order valence-electron chi connectivity index (χ2n) is 8.71. The number of aromatic nitrogens is 3. The van der Waals surface area contributed by atoms with Crippen LogP contribution in [-0.2, 0) is 13.0 Å². The van der Waals surface area contributed by atoms with Gasteiger partial charge in [-0.3, -0.25) is 9.69 Å². The average Bonchev–Trinajstić information content (AvgIpc) is 3.13. The first-order valence-corrected chi connectivity index (χ1v) is 10.4. The van der Waals surface area contributed by atoms with Crippen LogP contribution in [0.2, 0.25) is 0 Å². The molecule has 1 aliphatic heterocycles. The predicted octanol–water partition coefficient (Wildman–Crippen LogP) is 3.45. The van der Waals surface area contributed by atoms with E-state index in [1.807, 2.05) is 38.1 Å². The Morgan fingerprint density at radius 1 is 1.07 bits per heavy atom. The number of carbonyl (C=O) groups is 1. The summed E-state index contributed by atoms with van der Waals surface area (Å²) in [6.07, 6.45) is 1.04. The number of nitrogens with one attached hydrogen (secondary N) is 1. The SMILES string of the molecule is Cc1ccc(-n2nnc(C(=O)NCC(C)(C)N3CCc4ccccc4C3)c2C)cc1. The van der Waals surface area contributed by atoms with Crippen molar-refractivity contribution in [2.45, 2.75) is 46.2 Å². The molecule has 6 heteroatoms. The Morgan fingerprint density at radius 2 is 1.77 bits per heavy atom. The van der Waals surface area contributed by atoms with Crippen molar-refractivity contribution in [1.29, 1.82) is 0 Å². The molecule has 1 aromatic heterocycles. The van der Waals surface area contributed by atoms with Crippen LogP contribution < -0.4 is 5.32 Å². The molecule has 2 heterocycles. The molecular weight excluding hydrogens is 374 g/mol. The summed E-state index contributed by atoms with van der Waals surface area (Å²) < 4.78 is 1.71. The molecule has 1 aliphatic rings. The van der Waals surface area contributed by atoms with Gasteiger partial charge < -0.3 is 5.32 Å². The quantitative estimate of drug-likeness (QED) is 0.709. The monoisotopic (exact) mass is 403 g/mol. The van der Waals surface area contributed by atoms with Crippen LogP contribution >= 0.6 is 0 Å². The Balaban J connectivity index is 1.43. The standard InChI is InChI=1S/C24H29N5O/c1-17-9-11-21(12-10-17)29-18(2)22(26-27-29)23(30)25-16-24(3,4)28-14-13-19-7-5-6-8-20(19)15-28/h5-12H,13-16H2,1-4H3,(H,25,30). The average molecular weight is 404 g/mol. The number of fused-ring (bicyclic) bond motifs is 1. The summed E-state index contributed by atoms with van der Waals surface area (Å²) >= 11 is 0. The lowest BCUT2D eigenvalue weighted by Gasteiger charge is -2.41. The Hall–Kier alpha value is -2.99. The van der Waals surface area contributed by atoms with Gasteiger partial charge in [0.25, 0.3) is 5.91 Å². The summed E-state index contributed by atoms with van der Waals surface area (Å²) in [4.78, 5) is 15.3. The van der Waals surface area contributed by atoms with Gasteiger partial charge in [-0.2, -0.15) is 0 Å². The van der Waals surface area contributed by atoms with Crippen LogP contribution in [0.15, 0.2) is 48.5 Å². The molecule has 0 saturated heterocycles. The largest absolute Gasteiger partial charge is 0.349 e. The number of amides is 1. The van der Waals surface area contributed by atoms with Gasteiger partial charge in [0.15, 0.2) is 5.69 Å². The molecule has 0 spiro atoms. The fraction of sp³-hybridized carbons (Fsp3) is 0.375. The lowest BCUT2D eigenvalue weighted by molar-refractivity contribution is 0.0822. The zero-order chi connectivity index (χ0) is 21.3. The highest BCUT2D eigenvalue weighted by Crippen LogP contribution is 2.25. The Labute approximate surface area is 177 Å². The highest BCUT2D eigenvalue weighted by atomic mass is 16.2. The van der Waals surface area contributed by atoms with E-state index < -0.39 is 0 Å². The summed E-state index contributed by atoms with van der Waals surface area (Å²) in [6, 6.07) is 16.6. The number of hydrogen-bond acceptors (Lipinski definition) is 4. The zero-order valence-electron chi connectivity index (χ0n) is 18.1. The minimum atomic E-state index is -0.184. The van der Waals surface area contributed by atoms with Crippen molar-refractivity contribution in [2.75, 3.05) is 13.1 Å². The molecule has 0 saturated carbocycles. The molecule has 0 unspecified atom stereocenters. The molecular formula is C24H29N5O. The summed E-state index contributed by atoms with van der Waals surface area (Å²) in [6.45, 7) is 10.7. The summed E-state index contributed by atoms with van der Waals surface area (Å²) in [5.74, 6) is -0.184. The van der Waals surface area contributed by atoms with Crippen molar-refractivity contribution in [1.82, 2.24) is 25.2 Å². The molecule has 3 aromatic rings. The third-order valence-corrected chi connectivity index (χ3v) is 6.06. The van der Waals surface area contributed by atoms with E-state index in [-0.39, 0.29) is 11.4 Å². The van der Waals surface area contributed by atoms with E-state index in [2.05, 4.69) is 58.6 Å². The van der Waals surface area contributed by atoms with Crippen LogP contribution in [0.3, 0.4) is 0 Å². The fourth-order valence-electron chi connectivity index (χ4n) is 3.97. The maximum Gasteiger partial charge on any atom is 0.273 e. The normalized spacial score (nSPS) is 14.4. The summed E-state index contributed by atoms with van der Waals surface area (Å²) in [5, 5.41) is 11.4. The number of rotatable bonds is 5. The van der Waals surface area contributed by atoms with Gasteiger partial charge in [-0.05, 0) is 57.4 Å². The minimum Gasteiger partial charge on any atom is -0.349 e.